The van der Waals surface area contributed by atoms with Gasteiger partial charge in [-0.15, -0.1) is 0 Å². The number of hydrogen-bond acceptors (Lipinski definition) is 2. The zero-order chi connectivity index (χ0) is 21.6. The summed E-state index contributed by atoms with van der Waals surface area (Å²) in [5, 5.41) is 0. The van der Waals surface area contributed by atoms with E-state index in [0.717, 1.165) is 39.0 Å². The molecule has 0 aliphatic carbocycles. The average Bonchev–Trinajstić information content (AvgIpc) is 2.80. The molecule has 0 N–H and O–H groups in total. The number of likely N-dealkylation sites (tertiary alicyclic amines) is 1. The van der Waals surface area contributed by atoms with Gasteiger partial charge < -0.3 is 0 Å². The molecule has 3 heteroatoms. The molecule has 1 fully saturated rings. The van der Waals surface area contributed by atoms with Gasteiger partial charge >= 0.3 is 0 Å². The van der Waals surface area contributed by atoms with Gasteiger partial charge in [-0.1, -0.05) is 61.5 Å². The molecular formula is C28H35FN2. The van der Waals surface area contributed by atoms with E-state index in [1.807, 2.05) is 6.07 Å². The van der Waals surface area contributed by atoms with Gasteiger partial charge in [0.15, 0.2) is 0 Å². The molecule has 4 rings (SSSR count). The second-order valence-corrected chi connectivity index (χ2v) is 8.83. The van der Waals surface area contributed by atoms with Crippen LogP contribution >= 0.6 is 0 Å². The van der Waals surface area contributed by atoms with Crippen molar-refractivity contribution < 1.29 is 4.39 Å². The Morgan fingerprint density at radius 1 is 1.06 bits per heavy atom. The van der Waals surface area contributed by atoms with Gasteiger partial charge in [0.1, 0.15) is 5.82 Å². The Balaban J connectivity index is 1.47. The Morgan fingerprint density at radius 3 is 2.55 bits per heavy atom. The first kappa shape index (κ1) is 22.0. The third kappa shape index (κ3) is 5.16. The molecule has 0 saturated carbocycles. The molecule has 1 atom stereocenters. The number of allylic oxidation sites excluding steroid dienone is 2. The van der Waals surface area contributed by atoms with Crippen molar-refractivity contribution in [3.8, 4) is 0 Å². The number of nitrogens with zero attached hydrogens (tertiary/aromatic N) is 2. The molecule has 164 valence electrons. The average molecular weight is 419 g/mol. The Kier molecular flexibility index (Phi) is 7.37. The molecule has 2 aromatic rings. The highest BCUT2D eigenvalue weighted by atomic mass is 19.1. The van der Waals surface area contributed by atoms with E-state index in [4.69, 9.17) is 0 Å². The first-order valence-corrected chi connectivity index (χ1v) is 11.8. The van der Waals surface area contributed by atoms with Gasteiger partial charge in [-0.3, -0.25) is 9.80 Å². The summed E-state index contributed by atoms with van der Waals surface area (Å²) in [5.74, 6) is -0.107. The van der Waals surface area contributed by atoms with Crippen LogP contribution in [0.3, 0.4) is 0 Å². The minimum absolute atomic E-state index is 0.107. The summed E-state index contributed by atoms with van der Waals surface area (Å²) in [7, 11) is 0. The lowest BCUT2D eigenvalue weighted by atomic mass is 9.91. The maximum absolute atomic E-state index is 13.6. The van der Waals surface area contributed by atoms with Gasteiger partial charge in [-0.2, -0.15) is 0 Å². The normalized spacial score (nSPS) is 20.2. The zero-order valence-corrected chi connectivity index (χ0v) is 18.9. The Hall–Kier alpha value is -2.23. The molecule has 0 radical (unpaired) electrons. The van der Waals surface area contributed by atoms with Crippen LogP contribution in [0.25, 0.3) is 0 Å². The van der Waals surface area contributed by atoms with Gasteiger partial charge in [-0.05, 0) is 67.0 Å². The highest BCUT2D eigenvalue weighted by Gasteiger charge is 2.31. The number of hydrogen-bond donors (Lipinski definition) is 0. The number of halogens is 1. The Labute approximate surface area is 187 Å². The van der Waals surface area contributed by atoms with Crippen LogP contribution in [0.2, 0.25) is 0 Å². The van der Waals surface area contributed by atoms with Crippen molar-refractivity contribution >= 4 is 0 Å². The Bertz CT molecular complexity index is 910. The van der Waals surface area contributed by atoms with E-state index in [1.54, 1.807) is 12.1 Å². The maximum Gasteiger partial charge on any atom is 0.123 e. The van der Waals surface area contributed by atoms with E-state index in [0.29, 0.717) is 12.1 Å². The smallest absolute Gasteiger partial charge is 0.123 e. The van der Waals surface area contributed by atoms with Crippen molar-refractivity contribution in [3.05, 3.63) is 94.8 Å². The lowest BCUT2D eigenvalue weighted by molar-refractivity contribution is 0.0840. The number of rotatable bonds is 6. The highest BCUT2D eigenvalue weighted by Crippen LogP contribution is 2.34. The van der Waals surface area contributed by atoms with E-state index >= 15 is 0 Å². The largest absolute Gasteiger partial charge is 0.296 e. The summed E-state index contributed by atoms with van der Waals surface area (Å²) in [4.78, 5) is 5.30. The van der Waals surface area contributed by atoms with Crippen LogP contribution in [0.1, 0.15) is 55.8 Å². The fourth-order valence-corrected chi connectivity index (χ4v) is 5.31. The van der Waals surface area contributed by atoms with Crippen molar-refractivity contribution in [3.63, 3.8) is 0 Å². The molecule has 0 bridgehead atoms. The van der Waals surface area contributed by atoms with Crippen LogP contribution in [0.15, 0.2) is 72.3 Å². The van der Waals surface area contributed by atoms with E-state index < -0.39 is 0 Å². The van der Waals surface area contributed by atoms with Gasteiger partial charge in [0, 0.05) is 32.2 Å². The van der Waals surface area contributed by atoms with Crippen molar-refractivity contribution in [2.75, 3.05) is 19.6 Å². The van der Waals surface area contributed by atoms with Gasteiger partial charge in [0.2, 0.25) is 0 Å². The molecular weight excluding hydrogens is 383 g/mol. The third-order valence-corrected chi connectivity index (χ3v) is 6.82. The zero-order valence-electron chi connectivity index (χ0n) is 18.9. The number of piperidine rings is 1. The van der Waals surface area contributed by atoms with Crippen LogP contribution in [-0.2, 0) is 13.0 Å². The molecule has 2 aromatic carbocycles. The van der Waals surface area contributed by atoms with Crippen molar-refractivity contribution in [1.82, 2.24) is 9.80 Å². The summed E-state index contributed by atoms with van der Waals surface area (Å²) in [6, 6.07) is 17.2. The molecule has 0 aromatic heterocycles. The van der Waals surface area contributed by atoms with Crippen LogP contribution < -0.4 is 0 Å². The highest BCUT2D eigenvalue weighted by molar-refractivity contribution is 5.35. The number of benzene rings is 2. The fraction of sp³-hybridized carbons (Fsp3) is 0.429. The quantitative estimate of drug-likeness (QED) is 0.508. The lowest BCUT2D eigenvalue weighted by Crippen LogP contribution is -2.47. The summed E-state index contributed by atoms with van der Waals surface area (Å²) in [6.45, 7) is 8.55. The molecule has 1 saturated heterocycles. The number of fused-ring (bicyclic) bond motifs is 1. The monoisotopic (exact) mass is 418 g/mol. The molecule has 2 aliphatic heterocycles. The third-order valence-electron chi connectivity index (χ3n) is 6.82. The van der Waals surface area contributed by atoms with E-state index in [2.05, 4.69) is 72.2 Å². The van der Waals surface area contributed by atoms with Gasteiger partial charge in [0.05, 0.1) is 6.04 Å². The van der Waals surface area contributed by atoms with Crippen LogP contribution in [0.4, 0.5) is 4.39 Å². The standard InChI is InChI=1S/C28H35FN2/c1-3-8-22(9-4-2)28(23-10-6-5-7-11-23)30-18-15-27(16-19-30)31-17-14-24-20-26(29)13-12-25(24)21-31/h3,5-13,20,27-28H,4,14-19,21H2,1-2H3/b8-3-,22-9+. The minimum atomic E-state index is -0.107. The molecule has 1 unspecified atom stereocenters. The molecule has 2 nitrogen and oxygen atoms in total. The first-order chi connectivity index (χ1) is 15.2. The molecule has 31 heavy (non-hydrogen) atoms. The summed E-state index contributed by atoms with van der Waals surface area (Å²) < 4.78 is 13.6. The molecule has 0 spiro atoms. The summed E-state index contributed by atoms with van der Waals surface area (Å²) in [6.07, 6.45) is 11.2. The molecule has 2 aliphatic rings. The summed E-state index contributed by atoms with van der Waals surface area (Å²) in [5.41, 5.74) is 5.29. The van der Waals surface area contributed by atoms with E-state index in [9.17, 15) is 4.39 Å². The van der Waals surface area contributed by atoms with Crippen molar-refractivity contribution in [1.29, 1.82) is 0 Å². The fourth-order valence-electron chi connectivity index (χ4n) is 5.31. The van der Waals surface area contributed by atoms with Crippen molar-refractivity contribution in [2.24, 2.45) is 0 Å². The van der Waals surface area contributed by atoms with E-state index in [1.165, 1.54) is 35.1 Å². The predicted molar refractivity (Wildman–Crippen MR) is 127 cm³/mol. The Morgan fingerprint density at radius 2 is 1.84 bits per heavy atom. The van der Waals surface area contributed by atoms with E-state index in [-0.39, 0.29) is 5.82 Å². The van der Waals surface area contributed by atoms with Gasteiger partial charge in [0.25, 0.3) is 0 Å². The summed E-state index contributed by atoms with van der Waals surface area (Å²) >= 11 is 0. The first-order valence-electron chi connectivity index (χ1n) is 11.8. The van der Waals surface area contributed by atoms with Gasteiger partial charge in [-0.25, -0.2) is 4.39 Å². The lowest BCUT2D eigenvalue weighted by Gasteiger charge is -2.43. The second kappa shape index (κ2) is 10.4. The van der Waals surface area contributed by atoms with Crippen LogP contribution in [0.5, 0.6) is 0 Å². The SMILES string of the molecule is C/C=C\C(=C/CC)C(c1ccccc1)N1CCC(N2CCc3cc(F)ccc3C2)CC1. The molecule has 2 heterocycles. The van der Waals surface area contributed by atoms with Crippen LogP contribution in [0, 0.1) is 5.82 Å². The second-order valence-electron chi connectivity index (χ2n) is 8.83. The van der Waals surface area contributed by atoms with Crippen molar-refractivity contribution in [2.45, 2.75) is 58.2 Å². The molecule has 0 amide bonds. The minimum Gasteiger partial charge on any atom is -0.296 e. The predicted octanol–water partition coefficient (Wildman–Crippen LogP) is 6.30. The van der Waals surface area contributed by atoms with Crippen LogP contribution in [-0.4, -0.2) is 35.5 Å². The topological polar surface area (TPSA) is 6.48 Å². The maximum atomic E-state index is 13.6.